The smallest absolute Gasteiger partial charge is 0.224 e. The van der Waals surface area contributed by atoms with Gasteiger partial charge < -0.3 is 5.32 Å². The molecule has 0 aliphatic carbocycles. The molecule has 1 atom stereocenters. The van der Waals surface area contributed by atoms with E-state index in [4.69, 9.17) is 0 Å². The number of aromatic nitrogens is 1. The fourth-order valence-electron chi connectivity index (χ4n) is 4.68. The number of amides is 1. The average Bonchev–Trinajstić information content (AvgIpc) is 2.80. The highest BCUT2D eigenvalue weighted by Crippen LogP contribution is 2.25. The first-order chi connectivity index (χ1) is 14.7. The zero-order valence-corrected chi connectivity index (χ0v) is 17.5. The number of piperidine rings is 2. The van der Waals surface area contributed by atoms with Gasteiger partial charge in [-0.05, 0) is 74.6 Å². The summed E-state index contributed by atoms with van der Waals surface area (Å²) in [5.74, 6) is 0.0616. The Kier molecular flexibility index (Phi) is 7.07. The minimum Gasteiger partial charge on any atom is -0.352 e. The van der Waals surface area contributed by atoms with Gasteiger partial charge in [-0.2, -0.15) is 0 Å². The maximum absolute atomic E-state index is 13.1. The van der Waals surface area contributed by atoms with E-state index in [9.17, 15) is 9.18 Å². The van der Waals surface area contributed by atoms with E-state index in [-0.39, 0.29) is 17.6 Å². The van der Waals surface area contributed by atoms with Gasteiger partial charge >= 0.3 is 0 Å². The Hall–Kier alpha value is -2.31. The van der Waals surface area contributed by atoms with Crippen LogP contribution in [0.5, 0.6) is 0 Å². The van der Waals surface area contributed by atoms with Gasteiger partial charge in [0.15, 0.2) is 0 Å². The first-order valence-corrected chi connectivity index (χ1v) is 11.0. The van der Waals surface area contributed by atoms with Crippen LogP contribution in [0.4, 0.5) is 4.39 Å². The quantitative estimate of drug-likeness (QED) is 0.795. The number of likely N-dealkylation sites (tertiary alicyclic amines) is 2. The molecular weight excluding hydrogens is 379 g/mol. The van der Waals surface area contributed by atoms with Crippen molar-refractivity contribution in [1.29, 1.82) is 0 Å². The summed E-state index contributed by atoms with van der Waals surface area (Å²) >= 11 is 0. The number of carbonyl (C=O) groups is 1. The van der Waals surface area contributed by atoms with Gasteiger partial charge in [0, 0.05) is 38.1 Å². The summed E-state index contributed by atoms with van der Waals surface area (Å²) in [5.41, 5.74) is 2.20. The van der Waals surface area contributed by atoms with Crippen molar-refractivity contribution in [2.75, 3.05) is 26.2 Å². The van der Waals surface area contributed by atoms with Crippen LogP contribution < -0.4 is 5.32 Å². The van der Waals surface area contributed by atoms with Crippen molar-refractivity contribution in [2.45, 2.75) is 44.8 Å². The highest BCUT2D eigenvalue weighted by atomic mass is 19.1. The fourth-order valence-corrected chi connectivity index (χ4v) is 4.68. The van der Waals surface area contributed by atoms with Gasteiger partial charge in [-0.15, -0.1) is 0 Å². The predicted octanol–water partition coefficient (Wildman–Crippen LogP) is 3.21. The van der Waals surface area contributed by atoms with Gasteiger partial charge in [0.05, 0.1) is 5.92 Å². The van der Waals surface area contributed by atoms with Crippen LogP contribution in [-0.4, -0.2) is 52.9 Å². The molecule has 2 aliphatic heterocycles. The maximum Gasteiger partial charge on any atom is 0.224 e. The number of halogens is 1. The van der Waals surface area contributed by atoms with Crippen LogP contribution in [0.25, 0.3) is 0 Å². The van der Waals surface area contributed by atoms with Gasteiger partial charge in [-0.1, -0.05) is 18.2 Å². The number of nitrogens with one attached hydrogen (secondary N) is 1. The topological polar surface area (TPSA) is 48.5 Å². The number of pyridine rings is 1. The standard InChI is InChI=1S/C24H31FN4O/c25-22-7-5-19(6-8-22)17-28-13-9-23(10-14-28)29-12-2-4-21(18-29)24(30)27-16-20-3-1-11-26-15-20/h1,3,5-8,11,15,21,23H,2,4,9-10,12-14,16-18H2,(H,27,30). The molecule has 6 heteroatoms. The summed E-state index contributed by atoms with van der Waals surface area (Å²) in [4.78, 5) is 21.8. The molecule has 0 bridgehead atoms. The second-order valence-corrected chi connectivity index (χ2v) is 8.55. The maximum atomic E-state index is 13.1. The number of rotatable bonds is 6. The van der Waals surface area contributed by atoms with Crippen LogP contribution in [0.2, 0.25) is 0 Å². The Morgan fingerprint density at radius 2 is 1.87 bits per heavy atom. The van der Waals surface area contributed by atoms with E-state index in [1.807, 2.05) is 24.3 Å². The largest absolute Gasteiger partial charge is 0.352 e. The van der Waals surface area contributed by atoms with E-state index in [1.54, 1.807) is 12.4 Å². The first kappa shape index (κ1) is 20.9. The molecule has 0 saturated carbocycles. The summed E-state index contributed by atoms with van der Waals surface area (Å²) in [6.07, 6.45) is 7.86. The molecule has 30 heavy (non-hydrogen) atoms. The number of hydrogen-bond acceptors (Lipinski definition) is 4. The third kappa shape index (κ3) is 5.64. The number of hydrogen-bond donors (Lipinski definition) is 1. The Morgan fingerprint density at radius 3 is 2.60 bits per heavy atom. The molecule has 0 spiro atoms. The first-order valence-electron chi connectivity index (χ1n) is 11.0. The Bertz CT molecular complexity index is 806. The SMILES string of the molecule is O=C(NCc1cccnc1)C1CCCN(C2CCN(Cc3ccc(F)cc3)CC2)C1. The van der Waals surface area contributed by atoms with Crippen LogP contribution in [0.3, 0.4) is 0 Å². The van der Waals surface area contributed by atoms with Crippen molar-refractivity contribution in [2.24, 2.45) is 5.92 Å². The minimum atomic E-state index is -0.179. The normalized spacial score (nSPS) is 21.4. The number of benzene rings is 1. The van der Waals surface area contributed by atoms with Crippen molar-refractivity contribution in [3.63, 3.8) is 0 Å². The van der Waals surface area contributed by atoms with Crippen LogP contribution in [0.15, 0.2) is 48.8 Å². The van der Waals surface area contributed by atoms with E-state index in [0.29, 0.717) is 12.6 Å². The molecule has 1 aromatic carbocycles. The van der Waals surface area contributed by atoms with Gasteiger partial charge in [0.1, 0.15) is 5.82 Å². The molecule has 1 unspecified atom stereocenters. The zero-order chi connectivity index (χ0) is 20.8. The van der Waals surface area contributed by atoms with Gasteiger partial charge in [-0.25, -0.2) is 4.39 Å². The van der Waals surface area contributed by atoms with Crippen molar-refractivity contribution >= 4 is 5.91 Å². The zero-order valence-electron chi connectivity index (χ0n) is 17.5. The number of nitrogens with zero attached hydrogens (tertiary/aromatic N) is 3. The molecule has 2 aliphatic rings. The van der Waals surface area contributed by atoms with Gasteiger partial charge in [0.25, 0.3) is 0 Å². The Morgan fingerprint density at radius 1 is 1.07 bits per heavy atom. The molecule has 2 saturated heterocycles. The third-order valence-electron chi connectivity index (χ3n) is 6.41. The highest BCUT2D eigenvalue weighted by molar-refractivity contribution is 5.78. The fraction of sp³-hybridized carbons (Fsp3) is 0.500. The van der Waals surface area contributed by atoms with E-state index in [0.717, 1.165) is 69.5 Å². The van der Waals surface area contributed by atoms with E-state index in [2.05, 4.69) is 20.1 Å². The summed E-state index contributed by atoms with van der Waals surface area (Å²) in [6, 6.07) is 11.3. The molecule has 2 aromatic rings. The highest BCUT2D eigenvalue weighted by Gasteiger charge is 2.31. The molecule has 1 N–H and O–H groups in total. The number of carbonyl (C=O) groups excluding carboxylic acids is 1. The molecule has 160 valence electrons. The van der Waals surface area contributed by atoms with E-state index in [1.165, 1.54) is 12.1 Å². The van der Waals surface area contributed by atoms with Crippen LogP contribution in [0, 0.1) is 11.7 Å². The minimum absolute atomic E-state index is 0.0765. The summed E-state index contributed by atoms with van der Waals surface area (Å²) in [5, 5.41) is 3.09. The second-order valence-electron chi connectivity index (χ2n) is 8.55. The lowest BCUT2D eigenvalue weighted by Gasteiger charge is -2.42. The Labute approximate surface area is 178 Å². The van der Waals surface area contributed by atoms with Crippen molar-refractivity contribution in [3.05, 3.63) is 65.7 Å². The average molecular weight is 411 g/mol. The predicted molar refractivity (Wildman–Crippen MR) is 115 cm³/mol. The summed E-state index contributed by atoms with van der Waals surface area (Å²) < 4.78 is 13.1. The molecular formula is C24H31FN4O. The lowest BCUT2D eigenvalue weighted by molar-refractivity contribution is -0.127. The van der Waals surface area contributed by atoms with Gasteiger partial charge in [0.2, 0.25) is 5.91 Å². The molecule has 1 aromatic heterocycles. The molecule has 5 nitrogen and oxygen atoms in total. The lowest BCUT2D eigenvalue weighted by atomic mass is 9.93. The van der Waals surface area contributed by atoms with Crippen molar-refractivity contribution in [1.82, 2.24) is 20.1 Å². The van der Waals surface area contributed by atoms with Crippen molar-refractivity contribution < 1.29 is 9.18 Å². The van der Waals surface area contributed by atoms with E-state index < -0.39 is 0 Å². The lowest BCUT2D eigenvalue weighted by Crippen LogP contribution is -2.50. The Balaban J connectivity index is 1.23. The van der Waals surface area contributed by atoms with Crippen molar-refractivity contribution in [3.8, 4) is 0 Å². The molecule has 4 rings (SSSR count). The second kappa shape index (κ2) is 10.1. The molecule has 3 heterocycles. The van der Waals surface area contributed by atoms with Gasteiger partial charge in [-0.3, -0.25) is 19.6 Å². The summed E-state index contributed by atoms with van der Waals surface area (Å²) in [7, 11) is 0. The summed E-state index contributed by atoms with van der Waals surface area (Å²) in [6.45, 7) is 5.49. The van der Waals surface area contributed by atoms with Crippen LogP contribution >= 0.6 is 0 Å². The van der Waals surface area contributed by atoms with Crippen LogP contribution in [0.1, 0.15) is 36.8 Å². The molecule has 0 radical (unpaired) electrons. The molecule has 1 amide bonds. The monoisotopic (exact) mass is 410 g/mol. The van der Waals surface area contributed by atoms with E-state index >= 15 is 0 Å². The molecule has 2 fully saturated rings. The third-order valence-corrected chi connectivity index (χ3v) is 6.41. The van der Waals surface area contributed by atoms with Crippen LogP contribution in [-0.2, 0) is 17.9 Å².